The van der Waals surface area contributed by atoms with Gasteiger partial charge in [0.25, 0.3) is 5.91 Å². The molecule has 0 bridgehead atoms. The lowest BCUT2D eigenvalue weighted by atomic mass is 10.2. The standard InChI is InChI=1S/C20H22Cl2N2O5S/c1-2-28-19-16(22)6-3-7-17(19)24-20(25)13-8-9-15(21)18(11-13)30(26,27)23-12-14-5-4-10-29-14/h3,6-9,11,14,23H,2,4-5,10,12H2,1H3,(H,24,25). The lowest BCUT2D eigenvalue weighted by Gasteiger charge is -2.14. The Morgan fingerprint density at radius 1 is 1.23 bits per heavy atom. The SMILES string of the molecule is CCOc1c(Cl)cccc1NC(=O)c1ccc(Cl)c(S(=O)(=O)NCC2CCCO2)c1. The molecular weight excluding hydrogens is 451 g/mol. The normalized spacial score (nSPS) is 16.4. The summed E-state index contributed by atoms with van der Waals surface area (Å²) < 4.78 is 38.8. The number of benzene rings is 2. The van der Waals surface area contributed by atoms with Gasteiger partial charge in [-0.15, -0.1) is 0 Å². The van der Waals surface area contributed by atoms with E-state index in [1.165, 1.54) is 18.2 Å². The van der Waals surface area contributed by atoms with Gasteiger partial charge in [0.1, 0.15) is 4.90 Å². The summed E-state index contributed by atoms with van der Waals surface area (Å²) in [6, 6.07) is 9.02. The van der Waals surface area contributed by atoms with Crippen molar-refractivity contribution in [2.24, 2.45) is 0 Å². The third kappa shape index (κ3) is 5.44. The summed E-state index contributed by atoms with van der Waals surface area (Å²) in [5, 5.41) is 3.07. The molecular formula is C20H22Cl2N2O5S. The summed E-state index contributed by atoms with van der Waals surface area (Å²) in [4.78, 5) is 12.6. The highest BCUT2D eigenvalue weighted by atomic mass is 35.5. The summed E-state index contributed by atoms with van der Waals surface area (Å²) in [7, 11) is -3.92. The highest BCUT2D eigenvalue weighted by molar-refractivity contribution is 7.89. The number of nitrogens with one attached hydrogen (secondary N) is 2. The Kier molecular flexibility index (Phi) is 7.60. The van der Waals surface area contributed by atoms with Crippen molar-refractivity contribution in [1.29, 1.82) is 0 Å². The van der Waals surface area contributed by atoms with E-state index in [-0.39, 0.29) is 28.1 Å². The van der Waals surface area contributed by atoms with Gasteiger partial charge in [-0.1, -0.05) is 29.3 Å². The number of hydrogen-bond donors (Lipinski definition) is 2. The van der Waals surface area contributed by atoms with E-state index in [0.717, 1.165) is 12.8 Å². The van der Waals surface area contributed by atoms with Crippen LogP contribution in [0.4, 0.5) is 5.69 Å². The number of sulfonamides is 1. The van der Waals surface area contributed by atoms with E-state index in [9.17, 15) is 13.2 Å². The molecule has 1 fully saturated rings. The Morgan fingerprint density at radius 3 is 2.73 bits per heavy atom. The number of carbonyl (C=O) groups excluding carboxylic acids is 1. The Balaban J connectivity index is 1.80. The molecule has 1 amide bonds. The van der Waals surface area contributed by atoms with Gasteiger partial charge in [0.05, 0.1) is 28.4 Å². The van der Waals surface area contributed by atoms with Crippen LogP contribution >= 0.6 is 23.2 Å². The first-order chi connectivity index (χ1) is 14.3. The highest BCUT2D eigenvalue weighted by Gasteiger charge is 2.23. The molecule has 1 unspecified atom stereocenters. The Hall–Kier alpha value is -1.84. The predicted molar refractivity (Wildman–Crippen MR) is 116 cm³/mol. The molecule has 10 heteroatoms. The maximum absolute atomic E-state index is 12.8. The minimum Gasteiger partial charge on any atom is -0.490 e. The van der Waals surface area contributed by atoms with E-state index in [2.05, 4.69) is 10.0 Å². The summed E-state index contributed by atoms with van der Waals surface area (Å²) in [6.45, 7) is 2.94. The molecule has 0 saturated carbocycles. The van der Waals surface area contributed by atoms with Gasteiger partial charge in [-0.3, -0.25) is 4.79 Å². The van der Waals surface area contributed by atoms with Crippen LogP contribution in [0.3, 0.4) is 0 Å². The largest absolute Gasteiger partial charge is 0.490 e. The average Bonchev–Trinajstić information content (AvgIpc) is 3.23. The number of halogens is 2. The van der Waals surface area contributed by atoms with E-state index in [0.29, 0.717) is 29.7 Å². The van der Waals surface area contributed by atoms with E-state index >= 15 is 0 Å². The van der Waals surface area contributed by atoms with Gasteiger partial charge in [0.15, 0.2) is 5.75 Å². The number of para-hydroxylation sites is 1. The second-order valence-corrected chi connectivity index (χ2v) is 9.19. The molecule has 1 atom stereocenters. The lowest BCUT2D eigenvalue weighted by Crippen LogP contribution is -2.32. The fourth-order valence-corrected chi connectivity index (χ4v) is 4.85. The second-order valence-electron chi connectivity index (χ2n) is 6.64. The van der Waals surface area contributed by atoms with Crippen molar-refractivity contribution in [3.8, 4) is 5.75 Å². The van der Waals surface area contributed by atoms with Crippen LogP contribution in [-0.2, 0) is 14.8 Å². The van der Waals surface area contributed by atoms with E-state index in [1.807, 2.05) is 0 Å². The highest BCUT2D eigenvalue weighted by Crippen LogP contribution is 2.33. The van der Waals surface area contributed by atoms with Crippen LogP contribution in [-0.4, -0.2) is 40.2 Å². The van der Waals surface area contributed by atoms with E-state index in [1.54, 1.807) is 25.1 Å². The average molecular weight is 473 g/mol. The fraction of sp³-hybridized carbons (Fsp3) is 0.350. The minimum atomic E-state index is -3.92. The zero-order valence-electron chi connectivity index (χ0n) is 16.3. The summed E-state index contributed by atoms with van der Waals surface area (Å²) in [6.07, 6.45) is 1.53. The van der Waals surface area contributed by atoms with Crippen LogP contribution in [0.25, 0.3) is 0 Å². The molecule has 3 rings (SSSR count). The van der Waals surface area contributed by atoms with Crippen LogP contribution in [0, 0.1) is 0 Å². The topological polar surface area (TPSA) is 93.7 Å². The Labute approximate surface area is 185 Å². The molecule has 1 aliphatic rings. The van der Waals surface area contributed by atoms with E-state index < -0.39 is 15.9 Å². The molecule has 7 nitrogen and oxygen atoms in total. The second kappa shape index (κ2) is 9.98. The van der Waals surface area contributed by atoms with Crippen LogP contribution in [0.5, 0.6) is 5.75 Å². The molecule has 2 aromatic carbocycles. The molecule has 2 N–H and O–H groups in total. The number of amides is 1. The molecule has 0 aromatic heterocycles. The molecule has 2 aromatic rings. The summed E-state index contributed by atoms with van der Waals surface area (Å²) >= 11 is 12.2. The predicted octanol–water partition coefficient (Wildman–Crippen LogP) is 4.10. The molecule has 0 radical (unpaired) electrons. The van der Waals surface area contributed by atoms with Crippen molar-refractivity contribution in [1.82, 2.24) is 4.72 Å². The summed E-state index contributed by atoms with van der Waals surface area (Å²) in [5.74, 6) is -0.180. The molecule has 1 saturated heterocycles. The maximum Gasteiger partial charge on any atom is 0.255 e. The van der Waals surface area contributed by atoms with Crippen LogP contribution in [0.15, 0.2) is 41.3 Å². The van der Waals surface area contributed by atoms with Gasteiger partial charge in [-0.05, 0) is 50.1 Å². The first-order valence-corrected chi connectivity index (χ1v) is 11.7. The molecule has 162 valence electrons. The smallest absolute Gasteiger partial charge is 0.255 e. The van der Waals surface area contributed by atoms with Gasteiger partial charge in [0.2, 0.25) is 10.0 Å². The Morgan fingerprint density at radius 2 is 2.03 bits per heavy atom. The van der Waals surface area contributed by atoms with Crippen molar-refractivity contribution in [3.05, 3.63) is 52.0 Å². The molecule has 30 heavy (non-hydrogen) atoms. The zero-order chi connectivity index (χ0) is 21.7. The van der Waals surface area contributed by atoms with Crippen LogP contribution in [0.1, 0.15) is 30.1 Å². The van der Waals surface area contributed by atoms with Crippen molar-refractivity contribution in [2.45, 2.75) is 30.8 Å². The first kappa shape index (κ1) is 22.8. The monoisotopic (exact) mass is 472 g/mol. The fourth-order valence-electron chi connectivity index (χ4n) is 3.03. The number of ether oxygens (including phenoxy) is 2. The van der Waals surface area contributed by atoms with Crippen LogP contribution < -0.4 is 14.8 Å². The number of rotatable bonds is 8. The molecule has 1 heterocycles. The summed E-state index contributed by atoms with van der Waals surface area (Å²) in [5.41, 5.74) is 0.504. The maximum atomic E-state index is 12.8. The van der Waals surface area contributed by atoms with Gasteiger partial charge < -0.3 is 14.8 Å². The quantitative estimate of drug-likeness (QED) is 0.602. The van der Waals surface area contributed by atoms with Crippen molar-refractivity contribution in [3.63, 3.8) is 0 Å². The van der Waals surface area contributed by atoms with Gasteiger partial charge in [0, 0.05) is 18.7 Å². The van der Waals surface area contributed by atoms with Gasteiger partial charge in [-0.25, -0.2) is 13.1 Å². The molecule has 0 spiro atoms. The number of hydrogen-bond acceptors (Lipinski definition) is 5. The first-order valence-electron chi connectivity index (χ1n) is 9.45. The van der Waals surface area contributed by atoms with Crippen molar-refractivity contribution < 1.29 is 22.7 Å². The zero-order valence-corrected chi connectivity index (χ0v) is 18.6. The molecule has 0 aliphatic carbocycles. The van der Waals surface area contributed by atoms with Gasteiger partial charge in [-0.2, -0.15) is 0 Å². The lowest BCUT2D eigenvalue weighted by molar-refractivity contribution is 0.102. The van der Waals surface area contributed by atoms with Crippen LogP contribution in [0.2, 0.25) is 10.0 Å². The van der Waals surface area contributed by atoms with Crippen molar-refractivity contribution in [2.75, 3.05) is 25.1 Å². The number of carbonyl (C=O) groups is 1. The third-order valence-corrected chi connectivity index (χ3v) is 6.71. The number of anilines is 1. The van der Waals surface area contributed by atoms with Gasteiger partial charge >= 0.3 is 0 Å². The molecule has 1 aliphatic heterocycles. The van der Waals surface area contributed by atoms with Crippen molar-refractivity contribution >= 4 is 44.8 Å². The van der Waals surface area contributed by atoms with E-state index in [4.69, 9.17) is 32.7 Å². The third-order valence-electron chi connectivity index (χ3n) is 4.51. The Bertz CT molecular complexity index is 1020. The minimum absolute atomic E-state index is 0.0177.